The summed E-state index contributed by atoms with van der Waals surface area (Å²) in [4.78, 5) is 33.9. The van der Waals surface area contributed by atoms with Gasteiger partial charge in [-0.2, -0.15) is 0 Å². The van der Waals surface area contributed by atoms with E-state index in [2.05, 4.69) is 22.8 Å². The highest BCUT2D eigenvalue weighted by Crippen LogP contribution is 2.37. The summed E-state index contributed by atoms with van der Waals surface area (Å²) < 4.78 is 7.39. The topological polar surface area (TPSA) is 58.0 Å². The van der Waals surface area contributed by atoms with Crippen LogP contribution in [0.2, 0.25) is 0 Å². The Kier molecular flexibility index (Phi) is 7.37. The van der Waals surface area contributed by atoms with Crippen molar-refractivity contribution in [1.29, 1.82) is 0 Å². The van der Waals surface area contributed by atoms with Gasteiger partial charge in [0.1, 0.15) is 10.1 Å². The van der Waals surface area contributed by atoms with Gasteiger partial charge in [-0.05, 0) is 36.4 Å². The predicted octanol–water partition coefficient (Wildman–Crippen LogP) is 4.09. The van der Waals surface area contributed by atoms with Crippen molar-refractivity contribution in [2.75, 3.05) is 44.7 Å². The number of hydrogen-bond acceptors (Lipinski definition) is 7. The number of hydrogen-bond donors (Lipinski definition) is 0. The number of carbonyl (C=O) groups is 1. The van der Waals surface area contributed by atoms with E-state index in [4.69, 9.17) is 17.0 Å². The molecule has 1 aromatic heterocycles. The smallest absolute Gasteiger partial charge is 0.266 e. The van der Waals surface area contributed by atoms with Crippen LogP contribution >= 0.6 is 24.0 Å². The number of anilines is 1. The van der Waals surface area contributed by atoms with E-state index in [9.17, 15) is 9.59 Å². The van der Waals surface area contributed by atoms with E-state index >= 15 is 0 Å². The van der Waals surface area contributed by atoms with Crippen molar-refractivity contribution in [2.45, 2.75) is 13.5 Å². The highest BCUT2D eigenvalue weighted by molar-refractivity contribution is 8.26. The van der Waals surface area contributed by atoms with Crippen molar-refractivity contribution in [3.8, 4) is 5.75 Å². The molecular formula is C28H30N4O3S2. The zero-order chi connectivity index (χ0) is 26.1. The Morgan fingerprint density at radius 2 is 1.73 bits per heavy atom. The molecule has 3 aromatic rings. The molecule has 0 radical (unpaired) electrons. The molecule has 37 heavy (non-hydrogen) atoms. The van der Waals surface area contributed by atoms with Gasteiger partial charge >= 0.3 is 0 Å². The van der Waals surface area contributed by atoms with E-state index < -0.39 is 0 Å². The van der Waals surface area contributed by atoms with Gasteiger partial charge in [0.25, 0.3) is 11.5 Å². The molecule has 7 nitrogen and oxygen atoms in total. The largest absolute Gasteiger partial charge is 0.497 e. The Morgan fingerprint density at radius 1 is 1.03 bits per heavy atom. The van der Waals surface area contributed by atoms with Crippen LogP contribution in [0.1, 0.15) is 18.1 Å². The van der Waals surface area contributed by atoms with Crippen LogP contribution in [0.4, 0.5) is 5.69 Å². The highest BCUT2D eigenvalue weighted by atomic mass is 32.2. The average Bonchev–Trinajstić information content (AvgIpc) is 3.19. The lowest BCUT2D eigenvalue weighted by atomic mass is 10.1. The first-order valence-electron chi connectivity index (χ1n) is 12.4. The molecule has 2 aliphatic rings. The van der Waals surface area contributed by atoms with Gasteiger partial charge in [-0.25, -0.2) is 0 Å². The number of benzene rings is 2. The Balaban J connectivity index is 1.54. The third-order valence-corrected chi connectivity index (χ3v) is 8.47. The highest BCUT2D eigenvalue weighted by Gasteiger charge is 2.33. The Morgan fingerprint density at radius 3 is 2.41 bits per heavy atom. The second-order valence-electron chi connectivity index (χ2n) is 9.18. The van der Waals surface area contributed by atoms with Crippen LogP contribution in [0.5, 0.6) is 5.75 Å². The van der Waals surface area contributed by atoms with Gasteiger partial charge in [0, 0.05) is 38.6 Å². The zero-order valence-electron chi connectivity index (χ0n) is 21.3. The number of thioether (sulfide) groups is 1. The van der Waals surface area contributed by atoms with Crippen molar-refractivity contribution in [3.63, 3.8) is 0 Å². The first-order valence-corrected chi connectivity index (χ1v) is 13.6. The van der Waals surface area contributed by atoms with Gasteiger partial charge in [-0.15, -0.1) is 0 Å². The van der Waals surface area contributed by atoms with Crippen molar-refractivity contribution in [3.05, 3.63) is 74.9 Å². The van der Waals surface area contributed by atoms with E-state index in [0.29, 0.717) is 21.3 Å². The lowest BCUT2D eigenvalue weighted by Crippen LogP contribution is -2.47. The van der Waals surface area contributed by atoms with Gasteiger partial charge in [-0.1, -0.05) is 61.2 Å². The minimum absolute atomic E-state index is 0.118. The predicted molar refractivity (Wildman–Crippen MR) is 155 cm³/mol. The standard InChI is InChI=1S/C28H30N4O3S2/c1-4-30-13-15-31(16-14-30)25-21-7-5-6-8-23(21)29(2)26(33)22(25)17-24-27(34)32(28(36)37-24)18-19-9-11-20(35-3)12-10-19/h5-12,17H,4,13-16,18H2,1-3H3. The average molecular weight is 535 g/mol. The fourth-order valence-corrected chi connectivity index (χ4v) is 6.18. The molecule has 0 N–H and O–H groups in total. The summed E-state index contributed by atoms with van der Waals surface area (Å²) in [6, 6.07) is 15.6. The molecular weight excluding hydrogens is 504 g/mol. The molecule has 0 spiro atoms. The quantitative estimate of drug-likeness (QED) is 0.349. The molecule has 2 aliphatic heterocycles. The van der Waals surface area contributed by atoms with Gasteiger partial charge < -0.3 is 19.1 Å². The number of likely N-dealkylation sites (N-methyl/N-ethyl adjacent to an activating group) is 1. The maximum atomic E-state index is 13.7. The number of ether oxygens (including phenoxy) is 1. The SMILES string of the molecule is CCN1CCN(c2c(C=C3SC(=S)N(Cc4ccc(OC)cc4)C3=O)c(=O)n(C)c3ccccc23)CC1. The summed E-state index contributed by atoms with van der Waals surface area (Å²) in [5.41, 5.74) is 3.15. The zero-order valence-corrected chi connectivity index (χ0v) is 22.9. The number of pyridine rings is 1. The molecule has 3 heterocycles. The van der Waals surface area contributed by atoms with Gasteiger partial charge in [-0.3, -0.25) is 14.5 Å². The molecule has 2 saturated heterocycles. The number of carbonyl (C=O) groups excluding carboxylic acids is 1. The number of para-hydroxylation sites is 1. The summed E-state index contributed by atoms with van der Waals surface area (Å²) in [6.07, 6.45) is 1.75. The van der Waals surface area contributed by atoms with Crippen LogP contribution in [-0.2, 0) is 18.4 Å². The van der Waals surface area contributed by atoms with Crippen molar-refractivity contribution in [2.24, 2.45) is 7.05 Å². The first-order chi connectivity index (χ1) is 17.9. The monoisotopic (exact) mass is 534 g/mol. The van der Waals surface area contributed by atoms with Crippen molar-refractivity contribution < 1.29 is 9.53 Å². The minimum Gasteiger partial charge on any atom is -0.497 e. The number of piperazine rings is 1. The second-order valence-corrected chi connectivity index (χ2v) is 10.9. The van der Waals surface area contributed by atoms with Crippen molar-refractivity contribution in [1.82, 2.24) is 14.4 Å². The minimum atomic E-state index is -0.178. The number of nitrogens with zero attached hydrogens (tertiary/aromatic N) is 4. The molecule has 0 aliphatic carbocycles. The van der Waals surface area contributed by atoms with E-state index in [1.165, 1.54) is 11.8 Å². The maximum Gasteiger partial charge on any atom is 0.266 e. The maximum absolute atomic E-state index is 13.7. The molecule has 0 saturated carbocycles. The second kappa shape index (κ2) is 10.7. The van der Waals surface area contributed by atoms with Crippen LogP contribution in [0, 0.1) is 0 Å². The lowest BCUT2D eigenvalue weighted by Gasteiger charge is -2.37. The number of aryl methyl sites for hydroxylation is 1. The van der Waals surface area contributed by atoms with Crippen LogP contribution in [0.25, 0.3) is 17.0 Å². The lowest BCUT2D eigenvalue weighted by molar-refractivity contribution is -0.122. The van der Waals surface area contributed by atoms with E-state index in [1.807, 2.05) is 42.5 Å². The fourth-order valence-electron chi connectivity index (χ4n) is 4.94. The van der Waals surface area contributed by atoms with Crippen molar-refractivity contribution >= 4 is 56.9 Å². The third-order valence-electron chi connectivity index (χ3n) is 7.10. The van der Waals surface area contributed by atoms with E-state index in [1.54, 1.807) is 29.7 Å². The fraction of sp³-hybridized carbons (Fsp3) is 0.321. The number of aromatic nitrogens is 1. The molecule has 5 rings (SSSR count). The van der Waals surface area contributed by atoms with Crippen LogP contribution < -0.4 is 15.2 Å². The number of fused-ring (bicyclic) bond motifs is 1. The van der Waals surface area contributed by atoms with Gasteiger partial charge in [0.15, 0.2) is 0 Å². The van der Waals surface area contributed by atoms with Gasteiger partial charge in [0.2, 0.25) is 0 Å². The summed E-state index contributed by atoms with van der Waals surface area (Å²) in [5, 5.41) is 1.01. The molecule has 2 fully saturated rings. The number of thiocarbonyl (C=S) groups is 1. The number of methoxy groups -OCH3 is 1. The first kappa shape index (κ1) is 25.5. The van der Waals surface area contributed by atoms with Crippen LogP contribution in [0.15, 0.2) is 58.2 Å². The number of amides is 1. The summed E-state index contributed by atoms with van der Waals surface area (Å²) >= 11 is 6.83. The molecule has 0 bridgehead atoms. The Labute approximate surface area is 226 Å². The summed E-state index contributed by atoms with van der Waals surface area (Å²) in [7, 11) is 3.41. The van der Waals surface area contributed by atoms with E-state index in [0.717, 1.165) is 60.6 Å². The summed E-state index contributed by atoms with van der Waals surface area (Å²) in [6.45, 7) is 7.06. The Hall–Kier alpha value is -3.14. The van der Waals surface area contributed by atoms with Gasteiger partial charge in [0.05, 0.1) is 35.3 Å². The molecule has 192 valence electrons. The molecule has 0 unspecified atom stereocenters. The molecule has 0 atom stereocenters. The van der Waals surface area contributed by atoms with Crippen LogP contribution in [-0.4, -0.2) is 64.4 Å². The normalized spacial score (nSPS) is 17.9. The third kappa shape index (κ3) is 4.91. The summed E-state index contributed by atoms with van der Waals surface area (Å²) in [5.74, 6) is 0.580. The van der Waals surface area contributed by atoms with E-state index in [-0.39, 0.29) is 11.5 Å². The molecule has 2 aromatic carbocycles. The molecule has 1 amide bonds. The number of rotatable bonds is 6. The molecule has 9 heteroatoms. The van der Waals surface area contributed by atoms with Crippen LogP contribution in [0.3, 0.4) is 0 Å². The Bertz CT molecular complexity index is 1440.